The van der Waals surface area contributed by atoms with Crippen molar-refractivity contribution < 1.29 is 14.7 Å². The van der Waals surface area contributed by atoms with Crippen LogP contribution in [0.5, 0.6) is 0 Å². The molecule has 0 radical (unpaired) electrons. The zero-order valence-electron chi connectivity index (χ0n) is 10.6. The van der Waals surface area contributed by atoms with Crippen molar-refractivity contribution in [3.63, 3.8) is 0 Å². The molecular weight excluding hydrogens is 250 g/mol. The maximum Gasteiger partial charge on any atom is 0.348 e. The van der Waals surface area contributed by atoms with Gasteiger partial charge in [-0.1, -0.05) is 32.6 Å². The first-order valence-electron chi connectivity index (χ1n) is 6.25. The van der Waals surface area contributed by atoms with E-state index in [0.29, 0.717) is 12.1 Å². The Balaban J connectivity index is 2.31. The maximum absolute atomic E-state index is 11.6. The molecular formula is C13H19NO3S. The number of hydrogen-bond donors (Lipinski definition) is 2. The predicted molar refractivity (Wildman–Crippen MR) is 73.3 cm³/mol. The van der Waals surface area contributed by atoms with Gasteiger partial charge in [-0.25, -0.2) is 4.79 Å². The van der Waals surface area contributed by atoms with Crippen molar-refractivity contribution in [2.75, 3.05) is 5.32 Å². The number of thiophene rings is 1. The van der Waals surface area contributed by atoms with E-state index in [9.17, 15) is 9.59 Å². The maximum atomic E-state index is 11.6. The Kier molecular flexibility index (Phi) is 6.43. The number of hydrogen-bond acceptors (Lipinski definition) is 3. The minimum absolute atomic E-state index is 0.104. The third-order valence-electron chi connectivity index (χ3n) is 2.64. The fraction of sp³-hybridized carbons (Fsp3) is 0.538. The van der Waals surface area contributed by atoms with Gasteiger partial charge in [0.05, 0.1) is 5.69 Å². The monoisotopic (exact) mass is 269 g/mol. The number of unbranched alkanes of at least 4 members (excludes halogenated alkanes) is 4. The normalized spacial score (nSPS) is 10.3. The summed E-state index contributed by atoms with van der Waals surface area (Å²) in [6.45, 7) is 2.15. The zero-order chi connectivity index (χ0) is 13.4. The molecule has 0 spiro atoms. The van der Waals surface area contributed by atoms with Crippen molar-refractivity contribution in [1.82, 2.24) is 0 Å². The number of rotatable bonds is 8. The van der Waals surface area contributed by atoms with Gasteiger partial charge < -0.3 is 10.4 Å². The molecule has 0 atom stereocenters. The van der Waals surface area contributed by atoms with Gasteiger partial charge >= 0.3 is 5.97 Å². The number of carboxylic acids is 1. The molecule has 1 aromatic rings. The van der Waals surface area contributed by atoms with Gasteiger partial charge in [0.15, 0.2) is 0 Å². The van der Waals surface area contributed by atoms with Crippen LogP contribution < -0.4 is 5.32 Å². The van der Waals surface area contributed by atoms with Gasteiger partial charge in [-0.15, -0.1) is 11.3 Å². The average Bonchev–Trinajstić information content (AvgIpc) is 2.77. The summed E-state index contributed by atoms with van der Waals surface area (Å²) >= 11 is 1.12. The van der Waals surface area contributed by atoms with Crippen molar-refractivity contribution in [2.24, 2.45) is 0 Å². The Hall–Kier alpha value is -1.36. The van der Waals surface area contributed by atoms with Crippen LogP contribution in [0.3, 0.4) is 0 Å². The summed E-state index contributed by atoms with van der Waals surface area (Å²) in [5, 5.41) is 13.2. The number of aromatic carboxylic acids is 1. The molecule has 0 aliphatic carbocycles. The molecule has 0 unspecified atom stereocenters. The second-order valence-electron chi connectivity index (χ2n) is 4.18. The van der Waals surface area contributed by atoms with E-state index in [1.54, 1.807) is 11.4 Å². The summed E-state index contributed by atoms with van der Waals surface area (Å²) in [6.07, 6.45) is 5.91. The Morgan fingerprint density at radius 3 is 2.67 bits per heavy atom. The van der Waals surface area contributed by atoms with Crippen molar-refractivity contribution in [1.29, 1.82) is 0 Å². The van der Waals surface area contributed by atoms with Crippen LogP contribution in [-0.2, 0) is 4.79 Å². The smallest absolute Gasteiger partial charge is 0.348 e. The fourth-order valence-electron chi connectivity index (χ4n) is 1.68. The molecule has 0 aliphatic heterocycles. The number of carbonyl (C=O) groups excluding carboxylic acids is 1. The van der Waals surface area contributed by atoms with E-state index < -0.39 is 5.97 Å². The van der Waals surface area contributed by atoms with Crippen molar-refractivity contribution in [3.05, 3.63) is 16.3 Å². The van der Waals surface area contributed by atoms with Crippen LogP contribution >= 0.6 is 11.3 Å². The summed E-state index contributed by atoms with van der Waals surface area (Å²) in [6, 6.07) is 1.63. The van der Waals surface area contributed by atoms with Crippen LogP contribution in [0.1, 0.15) is 55.1 Å². The SMILES string of the molecule is CCCCCCCC(=O)Nc1ccsc1C(=O)O. The molecule has 1 amide bonds. The molecule has 18 heavy (non-hydrogen) atoms. The molecule has 100 valence electrons. The number of carboxylic acid groups (broad SMARTS) is 1. The largest absolute Gasteiger partial charge is 0.477 e. The van der Waals surface area contributed by atoms with Crippen molar-refractivity contribution >= 4 is 28.9 Å². The fourth-order valence-corrected chi connectivity index (χ4v) is 2.36. The molecule has 2 N–H and O–H groups in total. The second kappa shape index (κ2) is 7.87. The summed E-state index contributed by atoms with van der Waals surface area (Å²) in [7, 11) is 0. The summed E-state index contributed by atoms with van der Waals surface area (Å²) < 4.78 is 0. The summed E-state index contributed by atoms with van der Waals surface area (Å²) in [4.78, 5) is 22.7. The lowest BCUT2D eigenvalue weighted by molar-refractivity contribution is -0.116. The molecule has 1 heterocycles. The number of carbonyl (C=O) groups is 2. The molecule has 0 saturated heterocycles. The van der Waals surface area contributed by atoms with Crippen LogP contribution in [0.15, 0.2) is 11.4 Å². The molecule has 0 fully saturated rings. The van der Waals surface area contributed by atoms with E-state index in [4.69, 9.17) is 5.11 Å². The van der Waals surface area contributed by atoms with E-state index in [-0.39, 0.29) is 10.8 Å². The zero-order valence-corrected chi connectivity index (χ0v) is 11.4. The summed E-state index contributed by atoms with van der Waals surface area (Å²) in [5.74, 6) is -1.10. The molecule has 0 aromatic carbocycles. The Labute approximate surface area is 111 Å². The average molecular weight is 269 g/mol. The number of amides is 1. The van der Waals surface area contributed by atoms with E-state index in [2.05, 4.69) is 12.2 Å². The molecule has 5 heteroatoms. The van der Waals surface area contributed by atoms with Gasteiger partial charge in [0.2, 0.25) is 5.91 Å². The summed E-state index contributed by atoms with van der Waals surface area (Å²) in [5.41, 5.74) is 0.408. The Morgan fingerprint density at radius 1 is 1.28 bits per heavy atom. The van der Waals surface area contributed by atoms with Crippen LogP contribution in [0, 0.1) is 0 Å². The first-order chi connectivity index (χ1) is 8.65. The molecule has 1 aromatic heterocycles. The lowest BCUT2D eigenvalue weighted by atomic mass is 10.1. The van der Waals surface area contributed by atoms with Crippen molar-refractivity contribution in [2.45, 2.75) is 45.4 Å². The highest BCUT2D eigenvalue weighted by Gasteiger charge is 2.13. The Morgan fingerprint density at radius 2 is 2.00 bits per heavy atom. The van der Waals surface area contributed by atoms with Gasteiger partial charge in [0.1, 0.15) is 4.88 Å². The minimum atomic E-state index is -0.997. The quantitative estimate of drug-likeness (QED) is 0.706. The van der Waals surface area contributed by atoms with E-state index in [0.717, 1.165) is 30.6 Å². The van der Waals surface area contributed by atoms with Crippen LogP contribution in [-0.4, -0.2) is 17.0 Å². The third kappa shape index (κ3) is 4.87. The van der Waals surface area contributed by atoms with E-state index in [1.165, 1.54) is 12.8 Å². The third-order valence-corrected chi connectivity index (χ3v) is 3.54. The number of nitrogens with one attached hydrogen (secondary N) is 1. The molecule has 0 bridgehead atoms. The van der Waals surface area contributed by atoms with Gasteiger partial charge in [0.25, 0.3) is 0 Å². The Bertz CT molecular complexity index is 401. The van der Waals surface area contributed by atoms with Gasteiger partial charge in [-0.2, -0.15) is 0 Å². The molecule has 0 aliphatic rings. The van der Waals surface area contributed by atoms with Gasteiger partial charge in [-0.05, 0) is 17.9 Å². The molecule has 1 rings (SSSR count). The van der Waals surface area contributed by atoms with E-state index >= 15 is 0 Å². The minimum Gasteiger partial charge on any atom is -0.477 e. The lowest BCUT2D eigenvalue weighted by Crippen LogP contribution is -2.12. The lowest BCUT2D eigenvalue weighted by Gasteiger charge is -2.04. The second-order valence-corrected chi connectivity index (χ2v) is 5.10. The first-order valence-corrected chi connectivity index (χ1v) is 7.13. The van der Waals surface area contributed by atoms with Gasteiger partial charge in [0, 0.05) is 6.42 Å². The van der Waals surface area contributed by atoms with Crippen LogP contribution in [0.25, 0.3) is 0 Å². The van der Waals surface area contributed by atoms with Gasteiger partial charge in [-0.3, -0.25) is 4.79 Å². The highest BCUT2D eigenvalue weighted by Crippen LogP contribution is 2.22. The number of anilines is 1. The van der Waals surface area contributed by atoms with Crippen LogP contribution in [0.4, 0.5) is 5.69 Å². The van der Waals surface area contributed by atoms with Crippen LogP contribution in [0.2, 0.25) is 0 Å². The molecule has 4 nitrogen and oxygen atoms in total. The van der Waals surface area contributed by atoms with Crippen molar-refractivity contribution in [3.8, 4) is 0 Å². The topological polar surface area (TPSA) is 66.4 Å². The highest BCUT2D eigenvalue weighted by molar-refractivity contribution is 7.12. The predicted octanol–water partition coefficient (Wildman–Crippen LogP) is 3.75. The highest BCUT2D eigenvalue weighted by atomic mass is 32.1. The standard InChI is InChI=1S/C13H19NO3S/c1-2-3-4-5-6-7-11(15)14-10-8-9-18-12(10)13(16)17/h8-9H,2-7H2,1H3,(H,14,15)(H,16,17). The van der Waals surface area contributed by atoms with E-state index in [1.807, 2.05) is 0 Å². The first kappa shape index (κ1) is 14.7. The molecule has 0 saturated carbocycles.